The largest absolute Gasteiger partial charge is 0.275 e. The van der Waals surface area contributed by atoms with Crippen molar-refractivity contribution in [3.8, 4) is 0 Å². The molecule has 0 saturated heterocycles. The summed E-state index contributed by atoms with van der Waals surface area (Å²) in [5.74, 6) is 5.61. The summed E-state index contributed by atoms with van der Waals surface area (Å²) in [6, 6.07) is -0.0286. The van der Waals surface area contributed by atoms with Gasteiger partial charge in [0.25, 0.3) is 0 Å². The normalized spacial score (nSPS) is 12.9. The molecular weight excluding hydrogens is 252 g/mol. The third-order valence-corrected chi connectivity index (χ3v) is 3.48. The first kappa shape index (κ1) is 13.1. The van der Waals surface area contributed by atoms with E-state index < -0.39 is 0 Å². The van der Waals surface area contributed by atoms with Crippen LogP contribution in [0.15, 0.2) is 12.4 Å². The van der Waals surface area contributed by atoms with Gasteiger partial charge in [-0.25, -0.2) is 0 Å². The van der Waals surface area contributed by atoms with Gasteiger partial charge >= 0.3 is 0 Å². The molecule has 0 radical (unpaired) electrons. The van der Waals surface area contributed by atoms with E-state index in [9.17, 15) is 0 Å². The number of aromatic nitrogens is 4. The summed E-state index contributed by atoms with van der Waals surface area (Å²) in [6.45, 7) is 1.94. The molecule has 2 rings (SSSR count). The van der Waals surface area contributed by atoms with Crippen LogP contribution in [-0.4, -0.2) is 19.6 Å². The number of halogens is 1. The van der Waals surface area contributed by atoms with Crippen molar-refractivity contribution in [3.63, 3.8) is 0 Å². The number of hydrogen-bond donors (Lipinski definition) is 2. The molecule has 98 valence electrons. The zero-order chi connectivity index (χ0) is 13.3. The predicted octanol–water partition coefficient (Wildman–Crippen LogP) is 0.863. The maximum absolute atomic E-state index is 6.22. The van der Waals surface area contributed by atoms with E-state index in [1.165, 1.54) is 0 Å². The molecular formula is C11H17ClN6. The lowest BCUT2D eigenvalue weighted by molar-refractivity contribution is 0.550. The molecule has 6 nitrogen and oxygen atoms in total. The van der Waals surface area contributed by atoms with Gasteiger partial charge in [0.1, 0.15) is 5.15 Å². The molecule has 0 bridgehead atoms. The first-order chi connectivity index (χ1) is 8.52. The Kier molecular flexibility index (Phi) is 3.70. The standard InChI is InChI=1S/C11H17ClN6/c1-7-9(11(12)18(3)16-7)4-10(15-13)8-5-14-17(2)6-8/h5-6,10,15H,4,13H2,1-3H3. The molecule has 0 saturated carbocycles. The van der Waals surface area contributed by atoms with Crippen molar-refractivity contribution in [1.82, 2.24) is 25.0 Å². The first-order valence-electron chi connectivity index (χ1n) is 5.65. The Morgan fingerprint density at radius 3 is 2.67 bits per heavy atom. The molecule has 0 aromatic carbocycles. The number of aryl methyl sites for hydroxylation is 3. The van der Waals surface area contributed by atoms with Crippen molar-refractivity contribution in [1.29, 1.82) is 0 Å². The highest BCUT2D eigenvalue weighted by Gasteiger charge is 2.18. The predicted molar refractivity (Wildman–Crippen MR) is 69.9 cm³/mol. The van der Waals surface area contributed by atoms with Crippen molar-refractivity contribution in [3.05, 3.63) is 34.4 Å². The SMILES string of the molecule is Cc1nn(C)c(Cl)c1CC(NN)c1cnn(C)c1. The van der Waals surface area contributed by atoms with Crippen LogP contribution in [0.5, 0.6) is 0 Å². The van der Waals surface area contributed by atoms with Gasteiger partial charge in [-0.15, -0.1) is 0 Å². The average Bonchev–Trinajstić information content (AvgIpc) is 2.84. The molecule has 0 aliphatic rings. The Balaban J connectivity index is 2.25. The average molecular weight is 269 g/mol. The number of nitrogens with zero attached hydrogens (tertiary/aromatic N) is 4. The van der Waals surface area contributed by atoms with Crippen molar-refractivity contribution in [2.24, 2.45) is 19.9 Å². The number of hydrazine groups is 1. The molecule has 18 heavy (non-hydrogen) atoms. The summed E-state index contributed by atoms with van der Waals surface area (Å²) in [5, 5.41) is 9.09. The van der Waals surface area contributed by atoms with E-state index in [2.05, 4.69) is 15.6 Å². The van der Waals surface area contributed by atoms with Gasteiger partial charge in [0.2, 0.25) is 0 Å². The maximum atomic E-state index is 6.22. The van der Waals surface area contributed by atoms with Gasteiger partial charge in [-0.1, -0.05) is 11.6 Å². The number of nitrogens with two attached hydrogens (primary N) is 1. The maximum Gasteiger partial charge on any atom is 0.130 e. The molecule has 0 aliphatic heterocycles. The van der Waals surface area contributed by atoms with Gasteiger partial charge in [0.15, 0.2) is 0 Å². The zero-order valence-corrected chi connectivity index (χ0v) is 11.4. The van der Waals surface area contributed by atoms with E-state index >= 15 is 0 Å². The first-order valence-corrected chi connectivity index (χ1v) is 6.03. The molecule has 1 unspecified atom stereocenters. The van der Waals surface area contributed by atoms with Gasteiger partial charge in [-0.05, 0) is 13.3 Å². The molecule has 1 atom stereocenters. The van der Waals surface area contributed by atoms with Crippen molar-refractivity contribution < 1.29 is 0 Å². The van der Waals surface area contributed by atoms with E-state index in [4.69, 9.17) is 17.4 Å². The quantitative estimate of drug-likeness (QED) is 0.637. The number of rotatable bonds is 4. The minimum atomic E-state index is -0.0286. The van der Waals surface area contributed by atoms with E-state index in [0.717, 1.165) is 16.8 Å². The van der Waals surface area contributed by atoms with Gasteiger partial charge in [0.05, 0.1) is 17.9 Å². The fourth-order valence-electron chi connectivity index (χ4n) is 2.00. The second-order valence-corrected chi connectivity index (χ2v) is 4.71. The highest BCUT2D eigenvalue weighted by Crippen LogP contribution is 2.25. The summed E-state index contributed by atoms with van der Waals surface area (Å²) in [4.78, 5) is 0. The van der Waals surface area contributed by atoms with Crippen molar-refractivity contribution in [2.75, 3.05) is 0 Å². The second-order valence-electron chi connectivity index (χ2n) is 4.35. The third kappa shape index (κ3) is 2.40. The van der Waals surface area contributed by atoms with Crippen LogP contribution in [0.25, 0.3) is 0 Å². The summed E-state index contributed by atoms with van der Waals surface area (Å²) in [7, 11) is 3.70. The Morgan fingerprint density at radius 1 is 1.50 bits per heavy atom. The lowest BCUT2D eigenvalue weighted by Crippen LogP contribution is -2.29. The summed E-state index contributed by atoms with van der Waals surface area (Å²) in [6.07, 6.45) is 4.41. The van der Waals surface area contributed by atoms with E-state index in [1.54, 1.807) is 15.6 Å². The molecule has 0 aliphatic carbocycles. The highest BCUT2D eigenvalue weighted by molar-refractivity contribution is 6.30. The van der Waals surface area contributed by atoms with Crippen molar-refractivity contribution >= 4 is 11.6 Å². The lowest BCUT2D eigenvalue weighted by atomic mass is 10.0. The minimum Gasteiger partial charge on any atom is -0.275 e. The van der Waals surface area contributed by atoms with Crippen LogP contribution in [0.1, 0.15) is 22.9 Å². The molecule has 7 heteroatoms. The van der Waals surface area contributed by atoms with Crippen LogP contribution in [0, 0.1) is 6.92 Å². The summed E-state index contributed by atoms with van der Waals surface area (Å²) < 4.78 is 3.42. The van der Waals surface area contributed by atoms with Crippen LogP contribution in [0.4, 0.5) is 0 Å². The smallest absolute Gasteiger partial charge is 0.130 e. The Hall–Kier alpha value is -1.37. The van der Waals surface area contributed by atoms with Crippen LogP contribution >= 0.6 is 11.6 Å². The molecule has 0 amide bonds. The van der Waals surface area contributed by atoms with E-state index in [1.807, 2.05) is 27.2 Å². The van der Waals surface area contributed by atoms with Crippen LogP contribution in [-0.2, 0) is 20.5 Å². The molecule has 3 N–H and O–H groups in total. The minimum absolute atomic E-state index is 0.0286. The van der Waals surface area contributed by atoms with Gasteiger partial charge < -0.3 is 0 Å². The molecule has 0 fully saturated rings. The van der Waals surface area contributed by atoms with Gasteiger partial charge in [-0.2, -0.15) is 10.2 Å². The third-order valence-electron chi connectivity index (χ3n) is 3.01. The molecule has 2 aromatic rings. The Labute approximate surface area is 111 Å². The molecule has 2 aromatic heterocycles. The fourth-order valence-corrected chi connectivity index (χ4v) is 2.25. The molecule has 2 heterocycles. The van der Waals surface area contributed by atoms with Gasteiger partial charge in [0, 0.05) is 31.4 Å². The number of nitrogens with one attached hydrogen (secondary N) is 1. The zero-order valence-electron chi connectivity index (χ0n) is 10.7. The molecule has 0 spiro atoms. The summed E-state index contributed by atoms with van der Waals surface area (Å²) >= 11 is 6.22. The second kappa shape index (κ2) is 5.09. The Bertz CT molecular complexity index is 544. The van der Waals surface area contributed by atoms with E-state index in [0.29, 0.717) is 11.6 Å². The van der Waals surface area contributed by atoms with E-state index in [-0.39, 0.29) is 6.04 Å². The van der Waals surface area contributed by atoms with Crippen LogP contribution in [0.2, 0.25) is 5.15 Å². The topological polar surface area (TPSA) is 73.7 Å². The fraction of sp³-hybridized carbons (Fsp3) is 0.455. The van der Waals surface area contributed by atoms with Crippen LogP contribution < -0.4 is 11.3 Å². The van der Waals surface area contributed by atoms with Gasteiger partial charge in [-0.3, -0.25) is 20.6 Å². The monoisotopic (exact) mass is 268 g/mol. The summed E-state index contributed by atoms with van der Waals surface area (Å²) in [5.41, 5.74) is 5.75. The van der Waals surface area contributed by atoms with Crippen molar-refractivity contribution in [2.45, 2.75) is 19.4 Å². The van der Waals surface area contributed by atoms with Crippen LogP contribution in [0.3, 0.4) is 0 Å². The lowest BCUT2D eigenvalue weighted by Gasteiger charge is -2.13. The Morgan fingerprint density at radius 2 is 2.22 bits per heavy atom. The number of hydrogen-bond acceptors (Lipinski definition) is 4. The highest BCUT2D eigenvalue weighted by atomic mass is 35.5.